The molecule has 7 heteroatoms. The Bertz CT molecular complexity index is 1740. The Morgan fingerprint density at radius 1 is 0.800 bits per heavy atom. The number of aliphatic carboxylic acids is 1. The molecule has 45 heavy (non-hydrogen) atoms. The first-order valence-electron chi connectivity index (χ1n) is 15.3. The Labute approximate surface area is 263 Å². The number of rotatable bonds is 10. The second-order valence-electron chi connectivity index (χ2n) is 11.5. The molecular weight excluding hydrogens is 562 g/mol. The molecule has 0 saturated carbocycles. The maximum Gasteiger partial charge on any atom is 0.341 e. The first kappa shape index (κ1) is 29.9. The number of carbonyl (C=O) groups is 2. The summed E-state index contributed by atoms with van der Waals surface area (Å²) >= 11 is 0. The summed E-state index contributed by atoms with van der Waals surface area (Å²) in [5.41, 5.74) is 6.91. The van der Waals surface area contributed by atoms with Crippen LogP contribution in [0.2, 0.25) is 0 Å². The summed E-state index contributed by atoms with van der Waals surface area (Å²) in [5.74, 6) is -0.480. The Balaban J connectivity index is 1.33. The normalized spacial score (nSPS) is 15.1. The highest BCUT2D eigenvalue weighted by Crippen LogP contribution is 2.33. The summed E-state index contributed by atoms with van der Waals surface area (Å²) in [5, 5.41) is 8.96. The molecule has 1 atom stereocenters. The molecule has 0 bridgehead atoms. The minimum Gasteiger partial charge on any atom is -0.482 e. The largest absolute Gasteiger partial charge is 0.482 e. The van der Waals surface area contributed by atoms with Crippen LogP contribution in [0.1, 0.15) is 27.2 Å². The maximum absolute atomic E-state index is 14.7. The Kier molecular flexibility index (Phi) is 9.08. The van der Waals surface area contributed by atoms with Gasteiger partial charge in [0.05, 0.1) is 11.3 Å². The molecule has 1 N–H and O–H groups in total. The summed E-state index contributed by atoms with van der Waals surface area (Å²) in [4.78, 5) is 30.1. The molecule has 0 radical (unpaired) electrons. The van der Waals surface area contributed by atoms with Crippen LogP contribution in [-0.2, 0) is 17.8 Å². The molecule has 1 aliphatic heterocycles. The van der Waals surface area contributed by atoms with Gasteiger partial charge in [-0.2, -0.15) is 0 Å². The summed E-state index contributed by atoms with van der Waals surface area (Å²) in [6.07, 6.45) is 0.662. The molecular formula is C38H37N3O4. The first-order chi connectivity index (χ1) is 22.0. The van der Waals surface area contributed by atoms with Gasteiger partial charge in [0.25, 0.3) is 5.91 Å². The van der Waals surface area contributed by atoms with Crippen LogP contribution in [0.5, 0.6) is 5.75 Å². The standard InChI is InChI=1S/C38H37N3O4/c1-28-23-35(37(31-13-7-3-8-14-31)41(28)32-15-9-4-10-16-32)38(44)40-22-21-39(25-30-11-5-2-6-12-30)26-33(40)24-29-17-19-34(20-18-29)45-27-36(42)43/h2-20,23,33H,21-22,24-27H2,1H3,(H,42,43)/t33-/m1/s1. The number of ether oxygens (including phenoxy) is 1. The van der Waals surface area contributed by atoms with E-state index < -0.39 is 5.97 Å². The highest BCUT2D eigenvalue weighted by atomic mass is 16.5. The molecule has 0 unspecified atom stereocenters. The zero-order chi connectivity index (χ0) is 31.2. The second-order valence-corrected chi connectivity index (χ2v) is 11.5. The number of hydrogen-bond donors (Lipinski definition) is 1. The van der Waals surface area contributed by atoms with Gasteiger partial charge in [0, 0.05) is 43.6 Å². The zero-order valence-electron chi connectivity index (χ0n) is 25.4. The van der Waals surface area contributed by atoms with E-state index in [4.69, 9.17) is 9.84 Å². The van der Waals surface area contributed by atoms with Gasteiger partial charge in [-0.25, -0.2) is 4.79 Å². The van der Waals surface area contributed by atoms with Crippen molar-refractivity contribution < 1.29 is 19.4 Å². The van der Waals surface area contributed by atoms with Gasteiger partial charge in [-0.1, -0.05) is 91.0 Å². The highest BCUT2D eigenvalue weighted by Gasteiger charge is 2.34. The number of aromatic nitrogens is 1. The van der Waals surface area contributed by atoms with E-state index in [9.17, 15) is 9.59 Å². The molecule has 5 aromatic rings. The van der Waals surface area contributed by atoms with Crippen molar-refractivity contribution in [2.75, 3.05) is 26.2 Å². The van der Waals surface area contributed by atoms with Gasteiger partial charge in [0.15, 0.2) is 6.61 Å². The van der Waals surface area contributed by atoms with Crippen LogP contribution in [0.3, 0.4) is 0 Å². The molecule has 4 aromatic carbocycles. The lowest BCUT2D eigenvalue weighted by atomic mass is 9.99. The number of hydrogen-bond acceptors (Lipinski definition) is 4. The van der Waals surface area contributed by atoms with Crippen LogP contribution in [0.15, 0.2) is 121 Å². The Morgan fingerprint density at radius 3 is 2.11 bits per heavy atom. The van der Waals surface area contributed by atoms with Crippen LogP contribution in [0, 0.1) is 6.92 Å². The summed E-state index contributed by atoms with van der Waals surface area (Å²) in [7, 11) is 0. The number of nitrogens with zero attached hydrogens (tertiary/aromatic N) is 3. The fraction of sp³-hybridized carbons (Fsp3) is 0.211. The second kappa shape index (κ2) is 13.7. The third-order valence-electron chi connectivity index (χ3n) is 8.31. The minimum absolute atomic E-state index is 0.0254. The monoisotopic (exact) mass is 599 g/mol. The fourth-order valence-corrected chi connectivity index (χ4v) is 6.23. The van der Waals surface area contributed by atoms with Gasteiger partial charge < -0.3 is 19.3 Å². The molecule has 0 aliphatic carbocycles. The molecule has 0 spiro atoms. The average Bonchev–Trinajstić information content (AvgIpc) is 3.42. The van der Waals surface area contributed by atoms with E-state index in [2.05, 4.69) is 64.9 Å². The van der Waals surface area contributed by atoms with Crippen molar-refractivity contribution in [2.45, 2.75) is 25.9 Å². The quantitative estimate of drug-likeness (QED) is 0.199. The van der Waals surface area contributed by atoms with Crippen molar-refractivity contribution in [1.82, 2.24) is 14.4 Å². The third kappa shape index (κ3) is 7.00. The highest BCUT2D eigenvalue weighted by molar-refractivity contribution is 6.01. The lowest BCUT2D eigenvalue weighted by Crippen LogP contribution is -2.55. The van der Waals surface area contributed by atoms with Gasteiger partial charge in [-0.3, -0.25) is 9.69 Å². The van der Waals surface area contributed by atoms with E-state index >= 15 is 0 Å². The topological polar surface area (TPSA) is 75.0 Å². The molecule has 1 aromatic heterocycles. The number of carboxylic acid groups (broad SMARTS) is 1. The number of para-hydroxylation sites is 1. The number of amides is 1. The van der Waals surface area contributed by atoms with Crippen molar-refractivity contribution in [3.8, 4) is 22.7 Å². The smallest absolute Gasteiger partial charge is 0.341 e. The number of aryl methyl sites for hydroxylation is 1. The van der Waals surface area contributed by atoms with Gasteiger partial charge in [0.1, 0.15) is 5.75 Å². The molecule has 2 heterocycles. The average molecular weight is 600 g/mol. The van der Waals surface area contributed by atoms with Crippen LogP contribution in [-0.4, -0.2) is 63.6 Å². The van der Waals surface area contributed by atoms with Crippen molar-refractivity contribution in [3.05, 3.63) is 144 Å². The predicted octanol–water partition coefficient (Wildman–Crippen LogP) is 6.49. The molecule has 7 nitrogen and oxygen atoms in total. The van der Waals surface area contributed by atoms with E-state index in [0.717, 1.165) is 47.8 Å². The predicted molar refractivity (Wildman–Crippen MR) is 176 cm³/mol. The number of benzene rings is 4. The van der Waals surface area contributed by atoms with E-state index in [-0.39, 0.29) is 18.6 Å². The van der Waals surface area contributed by atoms with Gasteiger partial charge in [-0.15, -0.1) is 0 Å². The van der Waals surface area contributed by atoms with E-state index in [1.807, 2.05) is 65.6 Å². The Hall–Kier alpha value is -5.14. The molecule has 1 aliphatic rings. The van der Waals surface area contributed by atoms with Crippen LogP contribution in [0.25, 0.3) is 16.9 Å². The first-order valence-corrected chi connectivity index (χ1v) is 15.3. The fourth-order valence-electron chi connectivity index (χ4n) is 6.23. The van der Waals surface area contributed by atoms with Crippen molar-refractivity contribution >= 4 is 11.9 Å². The summed E-state index contributed by atoms with van der Waals surface area (Å²) < 4.78 is 7.52. The maximum atomic E-state index is 14.7. The van der Waals surface area contributed by atoms with Gasteiger partial charge in [0.2, 0.25) is 0 Å². The van der Waals surface area contributed by atoms with E-state index in [1.54, 1.807) is 12.1 Å². The molecule has 1 saturated heterocycles. The van der Waals surface area contributed by atoms with Gasteiger partial charge in [-0.05, 0) is 60.4 Å². The third-order valence-corrected chi connectivity index (χ3v) is 8.31. The molecule has 1 amide bonds. The molecule has 228 valence electrons. The number of carboxylic acids is 1. The minimum atomic E-state index is -1.01. The lowest BCUT2D eigenvalue weighted by Gasteiger charge is -2.42. The lowest BCUT2D eigenvalue weighted by molar-refractivity contribution is -0.139. The van der Waals surface area contributed by atoms with E-state index in [1.165, 1.54) is 5.56 Å². The van der Waals surface area contributed by atoms with Crippen molar-refractivity contribution in [3.63, 3.8) is 0 Å². The van der Waals surface area contributed by atoms with Crippen LogP contribution >= 0.6 is 0 Å². The van der Waals surface area contributed by atoms with Crippen LogP contribution in [0.4, 0.5) is 0 Å². The Morgan fingerprint density at radius 2 is 1.44 bits per heavy atom. The number of carbonyl (C=O) groups excluding carboxylic acids is 1. The van der Waals surface area contributed by atoms with Crippen molar-refractivity contribution in [2.24, 2.45) is 0 Å². The van der Waals surface area contributed by atoms with Crippen molar-refractivity contribution in [1.29, 1.82) is 0 Å². The summed E-state index contributed by atoms with van der Waals surface area (Å²) in [6, 6.07) is 40.2. The zero-order valence-corrected chi connectivity index (χ0v) is 25.4. The summed E-state index contributed by atoms with van der Waals surface area (Å²) in [6.45, 7) is 4.61. The van der Waals surface area contributed by atoms with E-state index in [0.29, 0.717) is 24.3 Å². The van der Waals surface area contributed by atoms with Gasteiger partial charge >= 0.3 is 5.97 Å². The molecule has 6 rings (SSSR count). The number of piperazine rings is 1. The molecule has 1 fully saturated rings. The van der Waals surface area contributed by atoms with Crippen LogP contribution < -0.4 is 4.74 Å². The SMILES string of the molecule is Cc1cc(C(=O)N2CCN(Cc3ccccc3)C[C@H]2Cc2ccc(OCC(=O)O)cc2)c(-c2ccccc2)n1-c1ccccc1.